The second-order valence-electron chi connectivity index (χ2n) is 5.58. The molecular weight excluding hydrogens is 244 g/mol. The molecule has 1 aliphatic heterocycles. The summed E-state index contributed by atoms with van der Waals surface area (Å²) < 4.78 is 13.5. The van der Waals surface area contributed by atoms with E-state index in [1.807, 2.05) is 6.20 Å². The van der Waals surface area contributed by atoms with E-state index in [2.05, 4.69) is 16.5 Å². The first kappa shape index (κ1) is 13.1. The molecule has 106 valence electrons. The molecule has 0 aromatic carbocycles. The minimum atomic E-state index is -0.834. The van der Waals surface area contributed by atoms with Crippen LogP contribution in [0.2, 0.25) is 0 Å². The molecule has 0 bridgehead atoms. The van der Waals surface area contributed by atoms with Crippen LogP contribution in [0.15, 0.2) is 12.4 Å². The number of aromatic nitrogens is 2. The van der Waals surface area contributed by atoms with Crippen LogP contribution >= 0.6 is 0 Å². The number of nitrogens with zero attached hydrogens (tertiary/aromatic N) is 2. The van der Waals surface area contributed by atoms with E-state index in [0.717, 1.165) is 31.6 Å². The maximum atomic E-state index is 10.9. The first-order valence-corrected chi connectivity index (χ1v) is 7.19. The van der Waals surface area contributed by atoms with Gasteiger partial charge in [0.2, 0.25) is 0 Å². The van der Waals surface area contributed by atoms with Gasteiger partial charge in [0, 0.05) is 31.8 Å². The monoisotopic (exact) mass is 266 g/mol. The Balaban J connectivity index is 1.75. The van der Waals surface area contributed by atoms with Gasteiger partial charge in [-0.2, -0.15) is 0 Å². The van der Waals surface area contributed by atoms with Gasteiger partial charge in [0.25, 0.3) is 0 Å². The summed E-state index contributed by atoms with van der Waals surface area (Å²) in [6, 6.07) is 0. The molecule has 0 radical (unpaired) electrons. The van der Waals surface area contributed by atoms with Crippen LogP contribution in [-0.2, 0) is 21.6 Å². The number of aliphatic hydroxyl groups is 1. The fourth-order valence-corrected chi connectivity index (χ4v) is 3.19. The van der Waals surface area contributed by atoms with Gasteiger partial charge in [-0.05, 0) is 19.3 Å². The normalized spacial score (nSPS) is 24.9. The van der Waals surface area contributed by atoms with Gasteiger partial charge < -0.3 is 19.1 Å². The van der Waals surface area contributed by atoms with Crippen molar-refractivity contribution >= 4 is 0 Å². The van der Waals surface area contributed by atoms with Crippen molar-refractivity contribution in [2.24, 2.45) is 0 Å². The summed E-state index contributed by atoms with van der Waals surface area (Å²) >= 11 is 0. The molecule has 3 rings (SSSR count). The molecule has 0 unspecified atom stereocenters. The van der Waals surface area contributed by atoms with Gasteiger partial charge in [0.05, 0.1) is 13.2 Å². The molecule has 0 amide bonds. The number of ether oxygens (including phenoxy) is 2. The average molecular weight is 266 g/mol. The number of aryl methyl sites for hydroxylation is 1. The minimum absolute atomic E-state index is 0.436. The van der Waals surface area contributed by atoms with Crippen LogP contribution in [0.5, 0.6) is 0 Å². The molecule has 1 N–H and O–H groups in total. The topological polar surface area (TPSA) is 56.5 Å². The highest BCUT2D eigenvalue weighted by Gasteiger charge is 2.47. The van der Waals surface area contributed by atoms with E-state index in [1.54, 1.807) is 6.20 Å². The highest BCUT2D eigenvalue weighted by molar-refractivity contribution is 5.08. The lowest BCUT2D eigenvalue weighted by atomic mass is 9.80. The van der Waals surface area contributed by atoms with Crippen LogP contribution in [0, 0.1) is 0 Å². The summed E-state index contributed by atoms with van der Waals surface area (Å²) in [5.74, 6) is 0.358. The lowest BCUT2D eigenvalue weighted by Gasteiger charge is -2.40. The van der Waals surface area contributed by atoms with Gasteiger partial charge in [-0.3, -0.25) is 0 Å². The van der Waals surface area contributed by atoms with Crippen LogP contribution in [-0.4, -0.2) is 33.7 Å². The number of imidazole rings is 1. The lowest BCUT2D eigenvalue weighted by molar-refractivity contribution is -0.205. The number of hydrogen-bond donors (Lipinski definition) is 1. The summed E-state index contributed by atoms with van der Waals surface area (Å²) in [5.41, 5.74) is -0.834. The van der Waals surface area contributed by atoms with Crippen LogP contribution in [0.1, 0.15) is 44.9 Å². The lowest BCUT2D eigenvalue weighted by Crippen LogP contribution is -2.43. The molecule has 1 spiro atoms. The zero-order valence-electron chi connectivity index (χ0n) is 11.5. The fraction of sp³-hybridized carbons (Fsp3) is 0.786. The highest BCUT2D eigenvalue weighted by Crippen LogP contribution is 2.44. The molecule has 5 heteroatoms. The SMILES string of the molecule is CCCn1ccnc1C1(O)CCC2(CC1)OCCO2. The van der Waals surface area contributed by atoms with E-state index >= 15 is 0 Å². The van der Waals surface area contributed by atoms with E-state index in [1.165, 1.54) is 0 Å². The number of rotatable bonds is 3. The van der Waals surface area contributed by atoms with E-state index < -0.39 is 11.4 Å². The Hall–Kier alpha value is -0.910. The molecule has 5 nitrogen and oxygen atoms in total. The van der Waals surface area contributed by atoms with Crippen LogP contribution < -0.4 is 0 Å². The van der Waals surface area contributed by atoms with Crippen molar-refractivity contribution in [2.75, 3.05) is 13.2 Å². The van der Waals surface area contributed by atoms with Crippen molar-refractivity contribution in [3.05, 3.63) is 18.2 Å². The summed E-state index contributed by atoms with van der Waals surface area (Å²) in [7, 11) is 0. The van der Waals surface area contributed by atoms with Crippen molar-refractivity contribution in [3.63, 3.8) is 0 Å². The van der Waals surface area contributed by atoms with Gasteiger partial charge in [-0.1, -0.05) is 6.92 Å². The van der Waals surface area contributed by atoms with E-state index in [9.17, 15) is 5.11 Å². The quantitative estimate of drug-likeness (QED) is 0.906. The van der Waals surface area contributed by atoms with Crippen molar-refractivity contribution in [2.45, 2.75) is 57.0 Å². The highest BCUT2D eigenvalue weighted by atomic mass is 16.7. The first-order valence-electron chi connectivity index (χ1n) is 7.19. The van der Waals surface area contributed by atoms with E-state index in [0.29, 0.717) is 26.1 Å². The smallest absolute Gasteiger partial charge is 0.168 e. The second kappa shape index (κ2) is 4.89. The molecule has 1 aromatic heterocycles. The summed E-state index contributed by atoms with van der Waals surface area (Å²) in [6.07, 6.45) is 7.53. The van der Waals surface area contributed by atoms with Gasteiger partial charge >= 0.3 is 0 Å². The maximum Gasteiger partial charge on any atom is 0.168 e. The van der Waals surface area contributed by atoms with Crippen LogP contribution in [0.25, 0.3) is 0 Å². The third-order valence-corrected chi connectivity index (χ3v) is 4.25. The summed E-state index contributed by atoms with van der Waals surface area (Å²) in [4.78, 5) is 4.38. The largest absolute Gasteiger partial charge is 0.382 e. The Bertz CT molecular complexity index is 428. The molecule has 0 atom stereocenters. The molecule has 1 aromatic rings. The van der Waals surface area contributed by atoms with E-state index in [-0.39, 0.29) is 0 Å². The van der Waals surface area contributed by atoms with Crippen LogP contribution in [0.3, 0.4) is 0 Å². The third-order valence-electron chi connectivity index (χ3n) is 4.25. The van der Waals surface area contributed by atoms with Crippen molar-refractivity contribution in [3.8, 4) is 0 Å². The van der Waals surface area contributed by atoms with Crippen molar-refractivity contribution in [1.82, 2.24) is 9.55 Å². The van der Waals surface area contributed by atoms with Crippen molar-refractivity contribution in [1.29, 1.82) is 0 Å². The Morgan fingerprint density at radius 2 is 1.95 bits per heavy atom. The predicted molar refractivity (Wildman–Crippen MR) is 69.5 cm³/mol. The molecule has 2 heterocycles. The second-order valence-corrected chi connectivity index (χ2v) is 5.58. The Morgan fingerprint density at radius 3 is 2.58 bits per heavy atom. The van der Waals surface area contributed by atoms with E-state index in [4.69, 9.17) is 9.47 Å². The standard InChI is InChI=1S/C14H22N2O3/c1-2-8-16-9-7-15-12(16)13(17)3-5-14(6-4-13)18-10-11-19-14/h7,9,17H,2-6,8,10-11H2,1H3. The average Bonchev–Trinajstić information content (AvgIpc) is 3.04. The number of hydrogen-bond acceptors (Lipinski definition) is 4. The zero-order valence-corrected chi connectivity index (χ0v) is 11.5. The van der Waals surface area contributed by atoms with Gasteiger partial charge in [-0.25, -0.2) is 4.98 Å². The summed E-state index contributed by atoms with van der Waals surface area (Å²) in [5, 5.41) is 10.9. The van der Waals surface area contributed by atoms with Crippen molar-refractivity contribution < 1.29 is 14.6 Å². The summed E-state index contributed by atoms with van der Waals surface area (Å²) in [6.45, 7) is 4.37. The maximum absolute atomic E-state index is 10.9. The zero-order chi connectivity index (χ0) is 13.3. The molecule has 19 heavy (non-hydrogen) atoms. The van der Waals surface area contributed by atoms with Gasteiger partial charge in [0.1, 0.15) is 11.4 Å². The predicted octanol–water partition coefficient (Wildman–Crippen LogP) is 1.80. The molecule has 2 fully saturated rings. The molecule has 1 saturated carbocycles. The third kappa shape index (κ3) is 2.30. The van der Waals surface area contributed by atoms with Gasteiger partial charge in [-0.15, -0.1) is 0 Å². The molecule has 1 saturated heterocycles. The first-order chi connectivity index (χ1) is 9.18. The van der Waals surface area contributed by atoms with Gasteiger partial charge in [0.15, 0.2) is 5.79 Å². The Kier molecular flexibility index (Phi) is 3.37. The fourth-order valence-electron chi connectivity index (χ4n) is 3.19. The Labute approximate surface area is 113 Å². The molecular formula is C14H22N2O3. The van der Waals surface area contributed by atoms with Crippen LogP contribution in [0.4, 0.5) is 0 Å². The Morgan fingerprint density at radius 1 is 1.26 bits per heavy atom. The molecule has 1 aliphatic carbocycles. The minimum Gasteiger partial charge on any atom is -0.382 e. The molecule has 2 aliphatic rings.